The second kappa shape index (κ2) is 10.5. The van der Waals surface area contributed by atoms with Crippen LogP contribution in [0, 0.1) is 0 Å². The van der Waals surface area contributed by atoms with E-state index in [-0.39, 0.29) is 23.9 Å². The van der Waals surface area contributed by atoms with Crippen molar-refractivity contribution in [3.05, 3.63) is 90.5 Å². The van der Waals surface area contributed by atoms with E-state index in [1.807, 2.05) is 64.4 Å². The highest BCUT2D eigenvalue weighted by atomic mass is 16.2. The van der Waals surface area contributed by atoms with Crippen molar-refractivity contribution in [3.8, 4) is 0 Å². The molecule has 2 aliphatic heterocycles. The number of carbonyl (C=O) groups excluding carboxylic acids is 2. The molecule has 2 atom stereocenters. The highest BCUT2D eigenvalue weighted by molar-refractivity contribution is 5.98. The Morgan fingerprint density at radius 2 is 1.44 bits per heavy atom. The average molecular weight is 483 g/mol. The van der Waals surface area contributed by atoms with E-state index in [0.29, 0.717) is 13.0 Å². The molecular weight excluding hydrogens is 448 g/mol. The molecule has 1 saturated heterocycles. The smallest absolute Gasteiger partial charge is 0.241 e. The molecular formula is C30H34N4O2. The van der Waals surface area contributed by atoms with Gasteiger partial charge in [0.1, 0.15) is 0 Å². The zero-order valence-corrected chi connectivity index (χ0v) is 21.1. The normalized spacial score (nSPS) is 20.1. The van der Waals surface area contributed by atoms with Crippen LogP contribution in [0.25, 0.3) is 0 Å². The minimum atomic E-state index is -0.132. The first-order valence-electron chi connectivity index (χ1n) is 12.8. The summed E-state index contributed by atoms with van der Waals surface area (Å²) in [5.41, 5.74) is 4.06. The zero-order chi connectivity index (χ0) is 25.1. The van der Waals surface area contributed by atoms with E-state index in [2.05, 4.69) is 47.1 Å². The molecule has 2 aliphatic rings. The molecule has 0 aromatic heterocycles. The maximum atomic E-state index is 14.0. The maximum absolute atomic E-state index is 14.0. The van der Waals surface area contributed by atoms with Crippen LogP contribution >= 0.6 is 0 Å². The number of fused-ring (bicyclic) bond motifs is 1. The van der Waals surface area contributed by atoms with Gasteiger partial charge < -0.3 is 14.7 Å². The molecule has 36 heavy (non-hydrogen) atoms. The Kier molecular flexibility index (Phi) is 7.05. The molecule has 1 fully saturated rings. The number of anilines is 3. The van der Waals surface area contributed by atoms with Crippen LogP contribution in [0.5, 0.6) is 0 Å². The number of hydrogen-bond acceptors (Lipinski definition) is 4. The molecule has 0 bridgehead atoms. The summed E-state index contributed by atoms with van der Waals surface area (Å²) in [7, 11) is 0. The van der Waals surface area contributed by atoms with Crippen molar-refractivity contribution in [1.29, 1.82) is 0 Å². The molecule has 2 unspecified atom stereocenters. The summed E-state index contributed by atoms with van der Waals surface area (Å²) >= 11 is 0. The summed E-state index contributed by atoms with van der Waals surface area (Å²) in [6.45, 7) is 7.56. The third-order valence-corrected chi connectivity index (χ3v) is 7.37. The summed E-state index contributed by atoms with van der Waals surface area (Å²) in [6.07, 6.45) is 0.693. The first-order chi connectivity index (χ1) is 17.5. The number of piperazine rings is 1. The van der Waals surface area contributed by atoms with Crippen LogP contribution < -0.4 is 14.7 Å². The topological polar surface area (TPSA) is 47.1 Å². The lowest BCUT2D eigenvalue weighted by Crippen LogP contribution is -2.52. The van der Waals surface area contributed by atoms with Gasteiger partial charge in [-0.25, -0.2) is 0 Å². The molecule has 0 aliphatic carbocycles. The Balaban J connectivity index is 1.39. The first kappa shape index (κ1) is 24.1. The van der Waals surface area contributed by atoms with Crippen LogP contribution in [-0.4, -0.2) is 55.5 Å². The molecule has 0 spiro atoms. The minimum Gasteiger partial charge on any atom is -0.369 e. The van der Waals surface area contributed by atoms with Gasteiger partial charge in [0.15, 0.2) is 0 Å². The SMILES string of the molecule is CC(=O)N1c2ccccc2C(N(C(=O)CN2CCN(c3ccccc3)CC2)c2ccccc2)CC1C. The zero-order valence-electron chi connectivity index (χ0n) is 21.1. The Hall–Kier alpha value is -3.64. The largest absolute Gasteiger partial charge is 0.369 e. The average Bonchev–Trinajstić information content (AvgIpc) is 2.90. The van der Waals surface area contributed by atoms with Crippen LogP contribution in [-0.2, 0) is 9.59 Å². The fourth-order valence-electron chi connectivity index (χ4n) is 5.66. The second-order valence-electron chi connectivity index (χ2n) is 9.75. The Morgan fingerprint density at radius 3 is 2.11 bits per heavy atom. The standard InChI is InChI=1S/C30H34N4O2/c1-23-21-29(27-15-9-10-16-28(27)33(23)24(2)35)34(26-13-7-4-8-14-26)30(36)22-31-17-19-32(20-18-31)25-11-5-3-6-12-25/h3-16,23,29H,17-22H2,1-2H3. The predicted octanol–water partition coefficient (Wildman–Crippen LogP) is 4.73. The monoisotopic (exact) mass is 482 g/mol. The van der Waals surface area contributed by atoms with Crippen molar-refractivity contribution < 1.29 is 9.59 Å². The number of rotatable bonds is 5. The van der Waals surface area contributed by atoms with E-state index in [1.54, 1.807) is 6.92 Å². The Bertz CT molecular complexity index is 1190. The van der Waals surface area contributed by atoms with E-state index in [4.69, 9.17) is 0 Å². The van der Waals surface area contributed by atoms with Crippen molar-refractivity contribution >= 4 is 28.9 Å². The van der Waals surface area contributed by atoms with Gasteiger partial charge in [-0.2, -0.15) is 0 Å². The molecule has 2 heterocycles. The van der Waals surface area contributed by atoms with Gasteiger partial charge in [0, 0.05) is 56.2 Å². The van der Waals surface area contributed by atoms with E-state index >= 15 is 0 Å². The molecule has 5 rings (SSSR count). The minimum absolute atomic E-state index is 0.00386. The van der Waals surface area contributed by atoms with Crippen LogP contribution in [0.4, 0.5) is 17.1 Å². The van der Waals surface area contributed by atoms with Gasteiger partial charge in [0.05, 0.1) is 12.6 Å². The van der Waals surface area contributed by atoms with E-state index in [0.717, 1.165) is 43.1 Å². The van der Waals surface area contributed by atoms with Crippen LogP contribution in [0.1, 0.15) is 31.9 Å². The molecule has 3 aromatic carbocycles. The molecule has 6 nitrogen and oxygen atoms in total. The van der Waals surface area contributed by atoms with Gasteiger partial charge in [-0.15, -0.1) is 0 Å². The van der Waals surface area contributed by atoms with Gasteiger partial charge in [-0.05, 0) is 49.2 Å². The molecule has 0 radical (unpaired) electrons. The van der Waals surface area contributed by atoms with Gasteiger partial charge in [-0.1, -0.05) is 54.6 Å². The summed E-state index contributed by atoms with van der Waals surface area (Å²) < 4.78 is 0. The molecule has 0 N–H and O–H groups in total. The van der Waals surface area contributed by atoms with E-state index in [1.165, 1.54) is 5.69 Å². The maximum Gasteiger partial charge on any atom is 0.241 e. The third-order valence-electron chi connectivity index (χ3n) is 7.37. The second-order valence-corrected chi connectivity index (χ2v) is 9.75. The third kappa shape index (κ3) is 4.86. The van der Waals surface area contributed by atoms with Crippen LogP contribution in [0.3, 0.4) is 0 Å². The van der Waals surface area contributed by atoms with Gasteiger partial charge in [0.2, 0.25) is 11.8 Å². The van der Waals surface area contributed by atoms with Crippen molar-refractivity contribution in [2.45, 2.75) is 32.4 Å². The number of hydrogen-bond donors (Lipinski definition) is 0. The molecule has 186 valence electrons. The molecule has 2 amide bonds. The highest BCUT2D eigenvalue weighted by Gasteiger charge is 2.38. The number of nitrogens with zero attached hydrogens (tertiary/aromatic N) is 4. The first-order valence-corrected chi connectivity index (χ1v) is 12.8. The van der Waals surface area contributed by atoms with Crippen molar-refractivity contribution in [2.75, 3.05) is 47.4 Å². The lowest BCUT2D eigenvalue weighted by Gasteiger charge is -2.44. The molecule has 0 saturated carbocycles. The number of amides is 2. The van der Waals surface area contributed by atoms with Gasteiger partial charge >= 0.3 is 0 Å². The van der Waals surface area contributed by atoms with Crippen molar-refractivity contribution in [3.63, 3.8) is 0 Å². The summed E-state index contributed by atoms with van der Waals surface area (Å²) in [6, 6.07) is 28.3. The molecule has 6 heteroatoms. The number of benzene rings is 3. The molecule has 3 aromatic rings. The van der Waals surface area contributed by atoms with Gasteiger partial charge in [0.25, 0.3) is 0 Å². The van der Waals surface area contributed by atoms with Crippen molar-refractivity contribution in [2.24, 2.45) is 0 Å². The lowest BCUT2D eigenvalue weighted by atomic mass is 9.90. The van der Waals surface area contributed by atoms with E-state index < -0.39 is 0 Å². The highest BCUT2D eigenvalue weighted by Crippen LogP contribution is 2.42. The predicted molar refractivity (Wildman–Crippen MR) is 145 cm³/mol. The summed E-state index contributed by atoms with van der Waals surface area (Å²) in [5, 5.41) is 0. The summed E-state index contributed by atoms with van der Waals surface area (Å²) in [5.74, 6) is 0.125. The van der Waals surface area contributed by atoms with Crippen LogP contribution in [0.2, 0.25) is 0 Å². The summed E-state index contributed by atoms with van der Waals surface area (Å²) in [4.78, 5) is 34.9. The van der Waals surface area contributed by atoms with Crippen molar-refractivity contribution in [1.82, 2.24) is 4.90 Å². The fraction of sp³-hybridized carbons (Fsp3) is 0.333. The number of para-hydroxylation sites is 3. The fourth-order valence-corrected chi connectivity index (χ4v) is 5.66. The van der Waals surface area contributed by atoms with Crippen LogP contribution in [0.15, 0.2) is 84.9 Å². The number of carbonyl (C=O) groups is 2. The Morgan fingerprint density at radius 1 is 0.833 bits per heavy atom. The quantitative estimate of drug-likeness (QED) is 0.528. The lowest BCUT2D eigenvalue weighted by molar-refractivity contribution is -0.120. The van der Waals surface area contributed by atoms with E-state index in [9.17, 15) is 9.59 Å². The van der Waals surface area contributed by atoms with Gasteiger partial charge in [-0.3, -0.25) is 14.5 Å². The Labute approximate surface area is 213 Å².